The van der Waals surface area contributed by atoms with Crippen LogP contribution in [-0.4, -0.2) is 37.6 Å². The monoisotopic (exact) mass is 470 g/mol. The van der Waals surface area contributed by atoms with Gasteiger partial charge in [0.2, 0.25) is 0 Å². The molecule has 0 radical (unpaired) electrons. The molecule has 0 aromatic heterocycles. The minimum Gasteiger partial charge on any atom is -0.380 e. The second kappa shape index (κ2) is 8.73. The van der Waals surface area contributed by atoms with E-state index in [0.717, 1.165) is 65.0 Å². The van der Waals surface area contributed by atoms with Crippen molar-refractivity contribution < 1.29 is 14.2 Å². The van der Waals surface area contributed by atoms with Crippen molar-refractivity contribution in [3.8, 4) is 0 Å². The van der Waals surface area contributed by atoms with E-state index in [1.54, 1.807) is 0 Å². The zero-order valence-electron chi connectivity index (χ0n) is 21.2. The molecule has 0 bridgehead atoms. The van der Waals surface area contributed by atoms with Gasteiger partial charge in [-0.1, -0.05) is 86.8 Å². The highest BCUT2D eigenvalue weighted by Gasteiger charge is 2.68. The van der Waals surface area contributed by atoms with E-state index in [-0.39, 0.29) is 10.8 Å². The molecular formula is C32H38O3. The van der Waals surface area contributed by atoms with Gasteiger partial charge in [0.05, 0.1) is 37.3 Å². The smallest absolute Gasteiger partial charge is 0.123 e. The molecule has 2 aliphatic heterocycles. The summed E-state index contributed by atoms with van der Waals surface area (Å²) in [6.45, 7) is 7.58. The van der Waals surface area contributed by atoms with Crippen molar-refractivity contribution in [3.63, 3.8) is 0 Å². The van der Waals surface area contributed by atoms with E-state index in [4.69, 9.17) is 14.2 Å². The minimum atomic E-state index is -0.530. The summed E-state index contributed by atoms with van der Waals surface area (Å²) in [6, 6.07) is 0. The zero-order valence-corrected chi connectivity index (χ0v) is 21.2. The summed E-state index contributed by atoms with van der Waals surface area (Å²) in [6.07, 6.45) is 33.1. The van der Waals surface area contributed by atoms with Crippen LogP contribution in [0.25, 0.3) is 0 Å². The van der Waals surface area contributed by atoms with E-state index < -0.39 is 11.2 Å². The fraction of sp³-hybridized carbons (Fsp3) is 0.500. The Labute approximate surface area is 210 Å². The highest BCUT2D eigenvalue weighted by atomic mass is 16.6. The zero-order chi connectivity index (χ0) is 24.0. The van der Waals surface area contributed by atoms with Crippen LogP contribution in [0.2, 0.25) is 0 Å². The van der Waals surface area contributed by atoms with Crippen molar-refractivity contribution >= 4 is 0 Å². The first-order valence-corrected chi connectivity index (χ1v) is 13.5. The van der Waals surface area contributed by atoms with Crippen LogP contribution in [0.5, 0.6) is 0 Å². The Bertz CT molecular complexity index is 952. The van der Waals surface area contributed by atoms with Gasteiger partial charge in [-0.2, -0.15) is 0 Å². The first-order valence-electron chi connectivity index (χ1n) is 13.5. The van der Waals surface area contributed by atoms with Gasteiger partial charge >= 0.3 is 0 Å². The van der Waals surface area contributed by atoms with E-state index in [0.29, 0.717) is 0 Å². The summed E-state index contributed by atoms with van der Waals surface area (Å²) < 4.78 is 20.2. The Morgan fingerprint density at radius 2 is 0.914 bits per heavy atom. The summed E-state index contributed by atoms with van der Waals surface area (Å²) in [5, 5.41) is 0. The molecule has 2 fully saturated rings. The number of hydrogen-bond acceptors (Lipinski definition) is 3. The van der Waals surface area contributed by atoms with Gasteiger partial charge in [0.25, 0.3) is 0 Å². The second-order valence-electron chi connectivity index (χ2n) is 11.0. The predicted molar refractivity (Wildman–Crippen MR) is 141 cm³/mol. The van der Waals surface area contributed by atoms with Crippen molar-refractivity contribution in [3.05, 3.63) is 95.2 Å². The molecule has 2 saturated heterocycles. The Morgan fingerprint density at radius 1 is 0.600 bits per heavy atom. The molecule has 35 heavy (non-hydrogen) atoms. The summed E-state index contributed by atoms with van der Waals surface area (Å²) in [5.41, 5.74) is 4.28. The maximum Gasteiger partial charge on any atom is 0.123 e. The molecule has 0 saturated carbocycles. The number of allylic oxidation sites excluding steroid dienone is 12. The SMILES string of the molecule is CCC1(C(OC(C2=CC=CC2)(C2=CC=CC2)C2(CC)COC2)(C2=CC=CC2)C2=CC=CC2)COC1. The molecule has 0 aromatic carbocycles. The van der Waals surface area contributed by atoms with Crippen molar-refractivity contribution in [2.24, 2.45) is 10.8 Å². The van der Waals surface area contributed by atoms with Gasteiger partial charge in [0.15, 0.2) is 0 Å². The third-order valence-corrected chi connectivity index (χ3v) is 9.56. The van der Waals surface area contributed by atoms with Crippen LogP contribution >= 0.6 is 0 Å². The van der Waals surface area contributed by atoms with Gasteiger partial charge in [-0.3, -0.25) is 0 Å². The predicted octanol–water partition coefficient (Wildman–Crippen LogP) is 6.88. The third kappa shape index (κ3) is 3.08. The molecule has 0 atom stereocenters. The first-order chi connectivity index (χ1) is 17.2. The molecule has 3 heteroatoms. The van der Waals surface area contributed by atoms with Gasteiger partial charge in [-0.25, -0.2) is 0 Å². The second-order valence-corrected chi connectivity index (χ2v) is 11.0. The van der Waals surface area contributed by atoms with Crippen molar-refractivity contribution in [1.82, 2.24) is 0 Å². The molecule has 0 unspecified atom stereocenters. The molecule has 6 rings (SSSR count). The average molecular weight is 471 g/mol. The molecule has 0 aromatic rings. The number of ether oxygens (including phenoxy) is 3. The maximum atomic E-state index is 8.16. The molecule has 6 aliphatic rings. The largest absolute Gasteiger partial charge is 0.380 e. The molecule has 3 nitrogen and oxygen atoms in total. The van der Waals surface area contributed by atoms with Crippen molar-refractivity contribution in [1.29, 1.82) is 0 Å². The standard InChI is InChI=1S/C32H38O3/c1-3-29(21-33-22-29)31(25-13-5-6-14-25,26-15-7-8-16-26)35-32(27-17-9-10-18-27,28-19-11-12-20-28)30(4-2)23-34-24-30/h5-13,15,17,19H,3-4,14,16,18,20-24H2,1-2H3. The lowest BCUT2D eigenvalue weighted by Gasteiger charge is -2.64. The van der Waals surface area contributed by atoms with Crippen LogP contribution in [0.4, 0.5) is 0 Å². The number of hydrogen-bond donors (Lipinski definition) is 0. The van der Waals surface area contributed by atoms with Gasteiger partial charge in [0, 0.05) is 0 Å². The first kappa shape index (κ1) is 23.2. The molecule has 184 valence electrons. The summed E-state index contributed by atoms with van der Waals surface area (Å²) in [5.74, 6) is 0. The Balaban J connectivity index is 1.61. The van der Waals surface area contributed by atoms with Crippen LogP contribution in [-0.2, 0) is 14.2 Å². The van der Waals surface area contributed by atoms with E-state index in [1.165, 1.54) is 22.3 Å². The molecule has 0 spiro atoms. The topological polar surface area (TPSA) is 27.7 Å². The van der Waals surface area contributed by atoms with Crippen molar-refractivity contribution in [2.45, 2.75) is 63.6 Å². The summed E-state index contributed by atoms with van der Waals surface area (Å²) in [4.78, 5) is 0. The van der Waals surface area contributed by atoms with Crippen LogP contribution in [0.3, 0.4) is 0 Å². The number of rotatable bonds is 10. The minimum absolute atomic E-state index is 0.0906. The average Bonchev–Trinajstić information content (AvgIpc) is 3.65. The van der Waals surface area contributed by atoms with Crippen LogP contribution in [0.1, 0.15) is 52.4 Å². The molecule has 0 N–H and O–H groups in total. The van der Waals surface area contributed by atoms with E-state index in [1.807, 2.05) is 0 Å². The summed E-state index contributed by atoms with van der Waals surface area (Å²) >= 11 is 0. The molecule has 2 heterocycles. The fourth-order valence-corrected chi connectivity index (χ4v) is 7.33. The lowest BCUT2D eigenvalue weighted by Crippen LogP contribution is -2.70. The molecule has 4 aliphatic carbocycles. The highest BCUT2D eigenvalue weighted by molar-refractivity contribution is 5.53. The highest BCUT2D eigenvalue weighted by Crippen LogP contribution is 2.63. The Hall–Kier alpha value is -2.20. The van der Waals surface area contributed by atoms with Crippen LogP contribution in [0.15, 0.2) is 95.2 Å². The Morgan fingerprint density at radius 3 is 1.09 bits per heavy atom. The lowest BCUT2D eigenvalue weighted by molar-refractivity contribution is -0.287. The third-order valence-electron chi connectivity index (χ3n) is 9.56. The van der Waals surface area contributed by atoms with Gasteiger partial charge in [-0.15, -0.1) is 0 Å². The van der Waals surface area contributed by atoms with Crippen LogP contribution in [0, 0.1) is 10.8 Å². The quantitative estimate of drug-likeness (QED) is 0.348. The maximum absolute atomic E-state index is 8.16. The van der Waals surface area contributed by atoms with E-state index >= 15 is 0 Å². The normalized spacial score (nSPS) is 25.9. The van der Waals surface area contributed by atoms with E-state index in [2.05, 4.69) is 86.8 Å². The Kier molecular flexibility index (Phi) is 5.79. The molecule has 0 amide bonds. The fourth-order valence-electron chi connectivity index (χ4n) is 7.33. The van der Waals surface area contributed by atoms with Gasteiger partial charge in [-0.05, 0) is 60.8 Å². The lowest BCUT2D eigenvalue weighted by atomic mass is 9.57. The van der Waals surface area contributed by atoms with E-state index in [9.17, 15) is 0 Å². The van der Waals surface area contributed by atoms with Gasteiger partial charge in [0.1, 0.15) is 11.2 Å². The summed E-state index contributed by atoms with van der Waals surface area (Å²) in [7, 11) is 0. The van der Waals surface area contributed by atoms with Gasteiger partial charge < -0.3 is 14.2 Å². The van der Waals surface area contributed by atoms with Crippen molar-refractivity contribution in [2.75, 3.05) is 26.4 Å². The molecular weight excluding hydrogens is 432 g/mol. The van der Waals surface area contributed by atoms with Crippen LogP contribution < -0.4 is 0 Å².